The summed E-state index contributed by atoms with van der Waals surface area (Å²) >= 11 is 0. The van der Waals surface area contributed by atoms with Crippen molar-refractivity contribution in [3.05, 3.63) is 0 Å². The summed E-state index contributed by atoms with van der Waals surface area (Å²) in [7, 11) is 1.72. The molecule has 1 aliphatic heterocycles. The molecule has 5 heteroatoms. The normalized spacial score (nSPS) is 41.5. The van der Waals surface area contributed by atoms with Crippen molar-refractivity contribution >= 4 is 5.97 Å². The summed E-state index contributed by atoms with van der Waals surface area (Å²) in [4.78, 5) is 13.1. The molecule has 1 atom stereocenters. The van der Waals surface area contributed by atoms with Gasteiger partial charge in [0.25, 0.3) is 0 Å². The lowest BCUT2D eigenvalue weighted by atomic mass is 9.88. The van der Waals surface area contributed by atoms with Gasteiger partial charge in [-0.15, -0.1) is 0 Å². The van der Waals surface area contributed by atoms with Gasteiger partial charge >= 0.3 is 5.97 Å². The van der Waals surface area contributed by atoms with Crippen LogP contribution < -0.4 is 5.73 Å². The van der Waals surface area contributed by atoms with Crippen LogP contribution in [0.15, 0.2) is 0 Å². The molecule has 2 aliphatic rings. The minimum atomic E-state index is -1.03. The Morgan fingerprint density at radius 3 is 2.73 bits per heavy atom. The molecule has 2 fully saturated rings. The quantitative estimate of drug-likeness (QED) is 0.671. The van der Waals surface area contributed by atoms with E-state index in [1.807, 2.05) is 0 Å². The fourth-order valence-electron chi connectivity index (χ4n) is 2.38. The Labute approximate surface area is 89.2 Å². The van der Waals surface area contributed by atoms with Crippen molar-refractivity contribution in [2.24, 2.45) is 5.73 Å². The number of ether oxygens (including phenoxy) is 1. The fraction of sp³-hybridized carbons (Fsp3) is 0.900. The Hall–Kier alpha value is -0.650. The van der Waals surface area contributed by atoms with Crippen LogP contribution in [0.25, 0.3) is 0 Å². The van der Waals surface area contributed by atoms with E-state index in [0.29, 0.717) is 25.1 Å². The van der Waals surface area contributed by atoms with Crippen LogP contribution in [-0.4, -0.2) is 53.9 Å². The van der Waals surface area contributed by atoms with Crippen molar-refractivity contribution in [1.29, 1.82) is 0 Å². The molecule has 0 aromatic carbocycles. The summed E-state index contributed by atoms with van der Waals surface area (Å²) in [5, 5.41) is 8.98. The molecular formula is C10H18N2O3. The smallest absolute Gasteiger partial charge is 0.325 e. The van der Waals surface area contributed by atoms with Crippen LogP contribution in [-0.2, 0) is 9.53 Å². The third-order valence-electron chi connectivity index (χ3n) is 3.68. The van der Waals surface area contributed by atoms with E-state index in [9.17, 15) is 4.79 Å². The SMILES string of the molecule is COC1CC(N2CCC(N)(C(=O)O)C2)C1. The van der Waals surface area contributed by atoms with E-state index in [0.717, 1.165) is 19.4 Å². The second kappa shape index (κ2) is 3.73. The lowest BCUT2D eigenvalue weighted by Gasteiger charge is -2.40. The molecule has 2 rings (SSSR count). The van der Waals surface area contributed by atoms with E-state index >= 15 is 0 Å². The van der Waals surface area contributed by atoms with Crippen molar-refractivity contribution < 1.29 is 14.6 Å². The molecule has 0 spiro atoms. The second-order valence-corrected chi connectivity index (χ2v) is 4.66. The maximum absolute atomic E-state index is 10.9. The van der Waals surface area contributed by atoms with E-state index in [1.54, 1.807) is 7.11 Å². The Morgan fingerprint density at radius 2 is 2.27 bits per heavy atom. The van der Waals surface area contributed by atoms with Gasteiger partial charge in [-0.3, -0.25) is 9.69 Å². The van der Waals surface area contributed by atoms with Crippen molar-refractivity contribution in [1.82, 2.24) is 4.90 Å². The van der Waals surface area contributed by atoms with E-state index in [2.05, 4.69) is 4.90 Å². The number of rotatable bonds is 3. The minimum Gasteiger partial charge on any atom is -0.480 e. The van der Waals surface area contributed by atoms with Gasteiger partial charge in [-0.05, 0) is 19.3 Å². The topological polar surface area (TPSA) is 75.8 Å². The highest BCUT2D eigenvalue weighted by Crippen LogP contribution is 2.32. The molecule has 3 N–H and O–H groups in total. The molecule has 1 saturated heterocycles. The van der Waals surface area contributed by atoms with Crippen LogP contribution in [0.3, 0.4) is 0 Å². The third-order valence-corrected chi connectivity index (χ3v) is 3.68. The van der Waals surface area contributed by atoms with Gasteiger partial charge in [0.05, 0.1) is 6.10 Å². The average molecular weight is 214 g/mol. The summed E-state index contributed by atoms with van der Waals surface area (Å²) in [5.74, 6) is -0.882. The number of nitrogens with two attached hydrogens (primary N) is 1. The third kappa shape index (κ3) is 1.87. The first-order valence-electron chi connectivity index (χ1n) is 5.34. The van der Waals surface area contributed by atoms with Gasteiger partial charge in [0, 0.05) is 26.2 Å². The Morgan fingerprint density at radius 1 is 1.60 bits per heavy atom. The number of hydrogen-bond donors (Lipinski definition) is 2. The maximum Gasteiger partial charge on any atom is 0.325 e. The Balaban J connectivity index is 1.86. The molecule has 15 heavy (non-hydrogen) atoms. The molecule has 0 amide bonds. The standard InChI is InChI=1S/C10H18N2O3/c1-15-8-4-7(5-8)12-3-2-10(11,6-12)9(13)14/h7-8H,2-6,11H2,1H3,(H,13,14). The van der Waals surface area contributed by atoms with E-state index < -0.39 is 11.5 Å². The highest BCUT2D eigenvalue weighted by atomic mass is 16.5. The van der Waals surface area contributed by atoms with Crippen molar-refractivity contribution in [3.63, 3.8) is 0 Å². The summed E-state index contributed by atoms with van der Waals surface area (Å²) in [6, 6.07) is 0.472. The summed E-state index contributed by atoms with van der Waals surface area (Å²) in [6.07, 6.45) is 2.92. The molecule has 0 aromatic heterocycles. The summed E-state index contributed by atoms with van der Waals surface area (Å²) in [6.45, 7) is 1.27. The molecule has 1 aliphatic carbocycles. The largest absolute Gasteiger partial charge is 0.480 e. The number of carbonyl (C=O) groups is 1. The lowest BCUT2D eigenvalue weighted by molar-refractivity contribution is -0.143. The molecule has 5 nitrogen and oxygen atoms in total. The van der Waals surface area contributed by atoms with Gasteiger partial charge < -0.3 is 15.6 Å². The molecular weight excluding hydrogens is 196 g/mol. The van der Waals surface area contributed by atoms with Crippen molar-refractivity contribution in [3.8, 4) is 0 Å². The number of hydrogen-bond acceptors (Lipinski definition) is 4. The molecule has 86 valence electrons. The maximum atomic E-state index is 10.9. The van der Waals surface area contributed by atoms with Crippen LogP contribution in [0.5, 0.6) is 0 Å². The molecule has 0 aromatic rings. The Bertz CT molecular complexity index is 265. The van der Waals surface area contributed by atoms with Crippen LogP contribution in [0.1, 0.15) is 19.3 Å². The molecule has 1 heterocycles. The number of methoxy groups -OCH3 is 1. The predicted molar refractivity (Wildman–Crippen MR) is 54.6 cm³/mol. The highest BCUT2D eigenvalue weighted by molar-refractivity contribution is 5.79. The van der Waals surface area contributed by atoms with Crippen molar-refractivity contribution in [2.75, 3.05) is 20.2 Å². The number of nitrogens with zero attached hydrogens (tertiary/aromatic N) is 1. The first-order valence-corrected chi connectivity index (χ1v) is 5.34. The second-order valence-electron chi connectivity index (χ2n) is 4.66. The molecule has 1 saturated carbocycles. The lowest BCUT2D eigenvalue weighted by Crippen LogP contribution is -2.53. The average Bonchev–Trinajstić information content (AvgIpc) is 2.48. The number of carboxylic acid groups (broad SMARTS) is 1. The van der Waals surface area contributed by atoms with Gasteiger partial charge in [-0.1, -0.05) is 0 Å². The van der Waals surface area contributed by atoms with E-state index in [-0.39, 0.29) is 0 Å². The van der Waals surface area contributed by atoms with Crippen LogP contribution >= 0.6 is 0 Å². The van der Waals surface area contributed by atoms with Crippen LogP contribution in [0, 0.1) is 0 Å². The van der Waals surface area contributed by atoms with E-state index in [4.69, 9.17) is 15.6 Å². The zero-order valence-corrected chi connectivity index (χ0v) is 8.98. The monoisotopic (exact) mass is 214 g/mol. The summed E-state index contributed by atoms with van der Waals surface area (Å²) in [5.41, 5.74) is 4.77. The number of aliphatic carboxylic acids is 1. The molecule has 0 bridgehead atoms. The fourth-order valence-corrected chi connectivity index (χ4v) is 2.38. The van der Waals surface area contributed by atoms with Crippen molar-refractivity contribution in [2.45, 2.75) is 36.9 Å². The van der Waals surface area contributed by atoms with Crippen LogP contribution in [0.2, 0.25) is 0 Å². The highest BCUT2D eigenvalue weighted by Gasteiger charge is 2.45. The van der Waals surface area contributed by atoms with Gasteiger partial charge in [0.2, 0.25) is 0 Å². The van der Waals surface area contributed by atoms with Gasteiger partial charge in [-0.25, -0.2) is 0 Å². The number of carboxylic acids is 1. The first-order chi connectivity index (χ1) is 7.05. The zero-order chi connectivity index (χ0) is 11.1. The first kappa shape index (κ1) is 10.9. The molecule has 0 radical (unpaired) electrons. The minimum absolute atomic E-state index is 0.354. The molecule has 1 unspecified atom stereocenters. The van der Waals surface area contributed by atoms with Gasteiger partial charge in [0.1, 0.15) is 5.54 Å². The zero-order valence-electron chi connectivity index (χ0n) is 8.98. The van der Waals surface area contributed by atoms with E-state index in [1.165, 1.54) is 0 Å². The van der Waals surface area contributed by atoms with Gasteiger partial charge in [-0.2, -0.15) is 0 Å². The van der Waals surface area contributed by atoms with Gasteiger partial charge in [0.15, 0.2) is 0 Å². The Kier molecular flexibility index (Phi) is 2.70. The predicted octanol–water partition coefficient (Wildman–Crippen LogP) is -0.348. The summed E-state index contributed by atoms with van der Waals surface area (Å²) < 4.78 is 5.20. The number of likely N-dealkylation sites (tertiary alicyclic amines) is 1. The van der Waals surface area contributed by atoms with Crippen LogP contribution in [0.4, 0.5) is 0 Å².